The van der Waals surface area contributed by atoms with E-state index in [1.807, 2.05) is 25.1 Å². The Balaban J connectivity index is 2.00. The topological polar surface area (TPSA) is 44.5 Å². The number of nitrogen functional groups attached to an aromatic ring is 1. The molecular weight excluding hydrogens is 262 g/mol. The maximum Gasteiger partial charge on any atom is 0.122 e. The predicted octanol–water partition coefficient (Wildman–Crippen LogP) is 3.77. The van der Waals surface area contributed by atoms with Gasteiger partial charge in [0.25, 0.3) is 0 Å². The lowest BCUT2D eigenvalue weighted by molar-refractivity contribution is 0.398. The van der Waals surface area contributed by atoms with Gasteiger partial charge in [0, 0.05) is 5.69 Å². The highest BCUT2D eigenvalue weighted by atomic mass is 16.5. The molecule has 0 saturated heterocycles. The summed E-state index contributed by atoms with van der Waals surface area (Å²) in [6.45, 7) is 2.03. The molecule has 2 aromatic rings. The van der Waals surface area contributed by atoms with E-state index in [9.17, 15) is 0 Å². The summed E-state index contributed by atoms with van der Waals surface area (Å²) in [7, 11) is 3.38. The molecule has 2 N–H and O–H groups in total. The Kier molecular flexibility index (Phi) is 5.09. The molecule has 0 fully saturated rings. The van der Waals surface area contributed by atoms with Crippen LogP contribution in [0.25, 0.3) is 0 Å². The van der Waals surface area contributed by atoms with E-state index in [0.29, 0.717) is 0 Å². The number of anilines is 1. The minimum absolute atomic E-state index is 0.866. The van der Waals surface area contributed by atoms with Crippen LogP contribution in [0, 0.1) is 6.92 Å². The molecule has 0 aliphatic heterocycles. The van der Waals surface area contributed by atoms with Crippen molar-refractivity contribution in [3.05, 3.63) is 53.1 Å². The Labute approximate surface area is 126 Å². The molecule has 3 heteroatoms. The van der Waals surface area contributed by atoms with E-state index in [1.165, 1.54) is 11.1 Å². The van der Waals surface area contributed by atoms with Crippen LogP contribution in [0.1, 0.15) is 23.1 Å². The van der Waals surface area contributed by atoms with Crippen molar-refractivity contribution < 1.29 is 9.47 Å². The smallest absolute Gasteiger partial charge is 0.122 e. The molecule has 0 spiro atoms. The average Bonchev–Trinajstić information content (AvgIpc) is 2.50. The van der Waals surface area contributed by atoms with Crippen molar-refractivity contribution >= 4 is 5.69 Å². The quantitative estimate of drug-likeness (QED) is 0.822. The first-order valence-corrected chi connectivity index (χ1v) is 7.20. The van der Waals surface area contributed by atoms with Crippen LogP contribution in [-0.4, -0.2) is 14.2 Å². The van der Waals surface area contributed by atoms with E-state index in [4.69, 9.17) is 15.2 Å². The lowest BCUT2D eigenvalue weighted by atomic mass is 10.0. The molecule has 0 unspecified atom stereocenters. The third kappa shape index (κ3) is 3.91. The molecule has 0 bridgehead atoms. The first-order chi connectivity index (χ1) is 10.1. The molecule has 0 saturated carbocycles. The minimum Gasteiger partial charge on any atom is -0.497 e. The van der Waals surface area contributed by atoms with Gasteiger partial charge in [-0.25, -0.2) is 0 Å². The molecule has 0 aromatic heterocycles. The highest BCUT2D eigenvalue weighted by molar-refractivity contribution is 5.48. The van der Waals surface area contributed by atoms with Gasteiger partial charge in [-0.1, -0.05) is 12.1 Å². The summed E-state index contributed by atoms with van der Waals surface area (Å²) in [6, 6.07) is 12.2. The molecule has 0 aliphatic rings. The molecular formula is C18H23NO2. The second kappa shape index (κ2) is 7.02. The van der Waals surface area contributed by atoms with Crippen LogP contribution in [0.2, 0.25) is 0 Å². The van der Waals surface area contributed by atoms with Crippen molar-refractivity contribution in [1.29, 1.82) is 0 Å². The molecule has 21 heavy (non-hydrogen) atoms. The van der Waals surface area contributed by atoms with Gasteiger partial charge in [-0.3, -0.25) is 0 Å². The zero-order valence-corrected chi connectivity index (χ0v) is 13.0. The summed E-state index contributed by atoms with van der Waals surface area (Å²) in [6.07, 6.45) is 3.00. The molecule has 0 amide bonds. The molecule has 3 nitrogen and oxygen atoms in total. The lowest BCUT2D eigenvalue weighted by Gasteiger charge is -2.11. The SMILES string of the molecule is COc1ccc(OC)c(CCCc2ccc(C)c(N)c2)c1. The van der Waals surface area contributed by atoms with Gasteiger partial charge in [0.15, 0.2) is 0 Å². The number of nitrogens with two attached hydrogens (primary N) is 1. The highest BCUT2D eigenvalue weighted by Crippen LogP contribution is 2.25. The normalized spacial score (nSPS) is 10.4. The van der Waals surface area contributed by atoms with E-state index in [1.54, 1.807) is 14.2 Å². The third-order valence-corrected chi connectivity index (χ3v) is 3.74. The van der Waals surface area contributed by atoms with Crippen LogP contribution >= 0.6 is 0 Å². The molecule has 0 radical (unpaired) electrons. The van der Waals surface area contributed by atoms with Crippen LogP contribution in [0.5, 0.6) is 11.5 Å². The first kappa shape index (κ1) is 15.2. The fourth-order valence-corrected chi connectivity index (χ4v) is 2.41. The molecule has 0 aliphatic carbocycles. The average molecular weight is 285 g/mol. The summed E-state index contributed by atoms with van der Waals surface area (Å²) >= 11 is 0. The number of rotatable bonds is 6. The Morgan fingerprint density at radius 3 is 2.43 bits per heavy atom. The van der Waals surface area contributed by atoms with Gasteiger partial charge in [0.1, 0.15) is 11.5 Å². The number of hydrogen-bond donors (Lipinski definition) is 1. The Hall–Kier alpha value is -2.16. The number of hydrogen-bond acceptors (Lipinski definition) is 3. The standard InChI is InChI=1S/C18H23NO2/c1-13-7-8-14(11-17(13)19)5-4-6-15-12-16(20-2)9-10-18(15)21-3/h7-12H,4-6,19H2,1-3H3. The molecule has 0 atom stereocenters. The Bertz CT molecular complexity index is 608. The van der Waals surface area contributed by atoms with Gasteiger partial charge in [-0.05, 0) is 67.1 Å². The second-order valence-corrected chi connectivity index (χ2v) is 5.22. The van der Waals surface area contributed by atoms with Crippen LogP contribution in [0.3, 0.4) is 0 Å². The zero-order chi connectivity index (χ0) is 15.2. The van der Waals surface area contributed by atoms with Crippen LogP contribution in [-0.2, 0) is 12.8 Å². The van der Waals surface area contributed by atoms with Crippen LogP contribution in [0.15, 0.2) is 36.4 Å². The lowest BCUT2D eigenvalue weighted by Crippen LogP contribution is -1.97. The predicted molar refractivity (Wildman–Crippen MR) is 87.2 cm³/mol. The van der Waals surface area contributed by atoms with Crippen molar-refractivity contribution in [2.75, 3.05) is 20.0 Å². The number of aryl methyl sites for hydroxylation is 3. The van der Waals surface area contributed by atoms with Crippen molar-refractivity contribution in [1.82, 2.24) is 0 Å². The molecule has 112 valence electrons. The Morgan fingerprint density at radius 1 is 0.952 bits per heavy atom. The Morgan fingerprint density at radius 2 is 1.76 bits per heavy atom. The monoisotopic (exact) mass is 285 g/mol. The summed E-state index contributed by atoms with van der Waals surface area (Å²) in [5.74, 6) is 1.78. The van der Waals surface area contributed by atoms with Gasteiger partial charge in [-0.2, -0.15) is 0 Å². The molecule has 0 heterocycles. The molecule has 2 rings (SSSR count). The highest BCUT2D eigenvalue weighted by Gasteiger charge is 2.05. The third-order valence-electron chi connectivity index (χ3n) is 3.74. The maximum absolute atomic E-state index is 5.95. The van der Waals surface area contributed by atoms with Crippen molar-refractivity contribution in [3.63, 3.8) is 0 Å². The van der Waals surface area contributed by atoms with Gasteiger partial charge in [0.05, 0.1) is 14.2 Å². The van der Waals surface area contributed by atoms with Gasteiger partial charge in [0.2, 0.25) is 0 Å². The fourth-order valence-electron chi connectivity index (χ4n) is 2.41. The van der Waals surface area contributed by atoms with Crippen molar-refractivity contribution in [3.8, 4) is 11.5 Å². The number of benzene rings is 2. The van der Waals surface area contributed by atoms with Gasteiger partial charge >= 0.3 is 0 Å². The van der Waals surface area contributed by atoms with E-state index in [-0.39, 0.29) is 0 Å². The van der Waals surface area contributed by atoms with Crippen molar-refractivity contribution in [2.45, 2.75) is 26.2 Å². The van der Waals surface area contributed by atoms with Crippen molar-refractivity contribution in [2.24, 2.45) is 0 Å². The van der Waals surface area contributed by atoms with Gasteiger partial charge < -0.3 is 15.2 Å². The zero-order valence-electron chi connectivity index (χ0n) is 13.0. The molecule has 2 aromatic carbocycles. The summed E-state index contributed by atoms with van der Waals surface area (Å²) in [5, 5.41) is 0. The number of ether oxygens (including phenoxy) is 2. The fraction of sp³-hybridized carbons (Fsp3) is 0.333. The van der Waals surface area contributed by atoms with Crippen LogP contribution in [0.4, 0.5) is 5.69 Å². The minimum atomic E-state index is 0.866. The maximum atomic E-state index is 5.95. The van der Waals surface area contributed by atoms with Crippen LogP contribution < -0.4 is 15.2 Å². The van der Waals surface area contributed by atoms with Gasteiger partial charge in [-0.15, -0.1) is 0 Å². The summed E-state index contributed by atoms with van der Waals surface area (Å²) in [4.78, 5) is 0. The van der Waals surface area contributed by atoms with E-state index in [2.05, 4.69) is 18.2 Å². The first-order valence-electron chi connectivity index (χ1n) is 7.20. The summed E-state index contributed by atoms with van der Waals surface area (Å²) < 4.78 is 10.7. The largest absolute Gasteiger partial charge is 0.497 e. The van der Waals surface area contributed by atoms with E-state index < -0.39 is 0 Å². The van der Waals surface area contributed by atoms with E-state index >= 15 is 0 Å². The summed E-state index contributed by atoms with van der Waals surface area (Å²) in [5.41, 5.74) is 10.4. The number of methoxy groups -OCH3 is 2. The second-order valence-electron chi connectivity index (χ2n) is 5.22. The van der Waals surface area contributed by atoms with E-state index in [0.717, 1.165) is 42.0 Å².